The number of pyridine rings is 2. The molecule has 24 heavy (non-hydrogen) atoms. The van der Waals surface area contributed by atoms with Gasteiger partial charge in [-0.05, 0) is 31.2 Å². The lowest BCUT2D eigenvalue weighted by Gasteiger charge is -2.14. The highest BCUT2D eigenvalue weighted by Gasteiger charge is 2.14. The minimum Gasteiger partial charge on any atom is -0.337 e. The van der Waals surface area contributed by atoms with Crippen LogP contribution in [0, 0.1) is 0 Å². The van der Waals surface area contributed by atoms with Crippen molar-refractivity contribution in [3.8, 4) is 11.4 Å². The molecule has 0 aromatic carbocycles. The Morgan fingerprint density at radius 3 is 2.79 bits per heavy atom. The maximum Gasteiger partial charge on any atom is 0.333 e. The third-order valence-electron chi connectivity index (χ3n) is 3.11. The van der Waals surface area contributed by atoms with E-state index in [1.807, 2.05) is 6.92 Å². The quantitative estimate of drug-likeness (QED) is 0.553. The number of nitrogens with one attached hydrogen (secondary N) is 1. The van der Waals surface area contributed by atoms with Gasteiger partial charge in [-0.3, -0.25) is 4.98 Å². The van der Waals surface area contributed by atoms with Gasteiger partial charge in [-0.1, -0.05) is 30.5 Å². The molecule has 0 aliphatic heterocycles. The molecule has 0 saturated carbocycles. The van der Waals surface area contributed by atoms with Crippen molar-refractivity contribution in [2.24, 2.45) is 0 Å². The zero-order valence-electron chi connectivity index (χ0n) is 12.6. The smallest absolute Gasteiger partial charge is 0.333 e. The number of carbonyl (C=O) groups is 1. The third kappa shape index (κ3) is 3.39. The standard InChI is InChI=1S/C15H13ClN6OS/c1-2-17-15(23)22(24)13-7-6-10-14(21-13)20-11(8-18-10)9-4-3-5-12(16)19-9/h3-8,24H,2H2,1H3,(H,17,23). The molecule has 0 fully saturated rings. The number of amides is 2. The zero-order chi connectivity index (χ0) is 17.1. The number of thiol groups is 1. The van der Waals surface area contributed by atoms with E-state index in [0.29, 0.717) is 40.1 Å². The second-order valence-corrected chi connectivity index (χ2v) is 5.55. The van der Waals surface area contributed by atoms with Crippen molar-refractivity contribution in [1.29, 1.82) is 0 Å². The van der Waals surface area contributed by atoms with Gasteiger partial charge in [0.05, 0.1) is 11.9 Å². The van der Waals surface area contributed by atoms with Crippen LogP contribution in [0.2, 0.25) is 5.15 Å². The summed E-state index contributed by atoms with van der Waals surface area (Å²) in [7, 11) is 0. The molecule has 3 heterocycles. The summed E-state index contributed by atoms with van der Waals surface area (Å²) in [4.78, 5) is 29.2. The fourth-order valence-electron chi connectivity index (χ4n) is 2.01. The van der Waals surface area contributed by atoms with Gasteiger partial charge in [0.15, 0.2) is 5.65 Å². The molecule has 0 atom stereocenters. The molecule has 0 unspecified atom stereocenters. The molecule has 0 bridgehead atoms. The average molecular weight is 361 g/mol. The largest absolute Gasteiger partial charge is 0.337 e. The SMILES string of the molecule is CCNC(=O)N(S)c1ccc2ncc(-c3cccc(Cl)n3)nc2n1. The lowest BCUT2D eigenvalue weighted by molar-refractivity contribution is 0.250. The first-order chi connectivity index (χ1) is 11.6. The first-order valence-electron chi connectivity index (χ1n) is 7.12. The fraction of sp³-hybridized carbons (Fsp3) is 0.133. The van der Waals surface area contributed by atoms with Gasteiger partial charge in [0.25, 0.3) is 0 Å². The number of anilines is 1. The van der Waals surface area contributed by atoms with E-state index >= 15 is 0 Å². The van der Waals surface area contributed by atoms with E-state index in [1.165, 1.54) is 0 Å². The van der Waals surface area contributed by atoms with Crippen LogP contribution in [-0.4, -0.2) is 32.5 Å². The van der Waals surface area contributed by atoms with Gasteiger partial charge in [0.1, 0.15) is 22.2 Å². The second kappa shape index (κ2) is 6.98. The molecule has 2 amide bonds. The van der Waals surface area contributed by atoms with Gasteiger partial charge >= 0.3 is 6.03 Å². The molecule has 3 aromatic heterocycles. The minimum absolute atomic E-state index is 0.349. The van der Waals surface area contributed by atoms with Crippen LogP contribution in [0.4, 0.5) is 10.6 Å². The van der Waals surface area contributed by atoms with Crippen LogP contribution in [0.25, 0.3) is 22.6 Å². The van der Waals surface area contributed by atoms with E-state index in [1.54, 1.807) is 36.5 Å². The lowest BCUT2D eigenvalue weighted by atomic mass is 10.3. The summed E-state index contributed by atoms with van der Waals surface area (Å²) in [5.41, 5.74) is 2.12. The summed E-state index contributed by atoms with van der Waals surface area (Å²) < 4.78 is 1.12. The van der Waals surface area contributed by atoms with E-state index in [9.17, 15) is 4.79 Å². The van der Waals surface area contributed by atoms with Crippen molar-refractivity contribution in [2.45, 2.75) is 6.92 Å². The van der Waals surface area contributed by atoms with Crippen LogP contribution in [0.15, 0.2) is 36.5 Å². The van der Waals surface area contributed by atoms with Crippen LogP contribution < -0.4 is 9.62 Å². The fourth-order valence-corrected chi connectivity index (χ4v) is 2.36. The molecular weight excluding hydrogens is 348 g/mol. The van der Waals surface area contributed by atoms with E-state index < -0.39 is 0 Å². The van der Waals surface area contributed by atoms with E-state index in [2.05, 4.69) is 38.1 Å². The Kier molecular flexibility index (Phi) is 4.77. The predicted octanol–water partition coefficient (Wildman–Crippen LogP) is 3.12. The highest BCUT2D eigenvalue weighted by Crippen LogP contribution is 2.21. The number of urea groups is 1. The number of hydrogen-bond donors (Lipinski definition) is 2. The Hall–Kier alpha value is -2.45. The summed E-state index contributed by atoms with van der Waals surface area (Å²) in [6.07, 6.45) is 1.60. The van der Waals surface area contributed by atoms with Crippen molar-refractivity contribution in [3.05, 3.63) is 41.7 Å². The van der Waals surface area contributed by atoms with Gasteiger partial charge in [-0.25, -0.2) is 24.1 Å². The van der Waals surface area contributed by atoms with Gasteiger partial charge < -0.3 is 5.32 Å². The van der Waals surface area contributed by atoms with E-state index in [-0.39, 0.29) is 6.03 Å². The average Bonchev–Trinajstić information content (AvgIpc) is 2.60. The molecule has 1 N–H and O–H groups in total. The number of nitrogens with zero attached hydrogens (tertiary/aromatic N) is 5. The molecule has 3 aromatic rings. The molecule has 7 nitrogen and oxygen atoms in total. The van der Waals surface area contributed by atoms with Crippen molar-refractivity contribution in [1.82, 2.24) is 25.3 Å². The second-order valence-electron chi connectivity index (χ2n) is 4.76. The van der Waals surface area contributed by atoms with E-state index in [4.69, 9.17) is 11.6 Å². The first-order valence-corrected chi connectivity index (χ1v) is 7.90. The minimum atomic E-state index is -0.367. The van der Waals surface area contributed by atoms with Crippen molar-refractivity contribution >= 4 is 47.4 Å². The Morgan fingerprint density at radius 2 is 2.04 bits per heavy atom. The van der Waals surface area contributed by atoms with Gasteiger partial charge in [-0.2, -0.15) is 0 Å². The maximum atomic E-state index is 11.8. The van der Waals surface area contributed by atoms with Crippen LogP contribution in [-0.2, 0) is 0 Å². The summed E-state index contributed by atoms with van der Waals surface area (Å²) in [5.74, 6) is 0.349. The Balaban J connectivity index is 2.00. The number of aromatic nitrogens is 4. The Morgan fingerprint density at radius 1 is 1.21 bits per heavy atom. The van der Waals surface area contributed by atoms with Crippen molar-refractivity contribution in [3.63, 3.8) is 0 Å². The zero-order valence-corrected chi connectivity index (χ0v) is 14.3. The molecule has 0 aliphatic carbocycles. The molecule has 3 rings (SSSR count). The molecule has 0 aliphatic rings. The van der Waals surface area contributed by atoms with Gasteiger partial charge in [0.2, 0.25) is 0 Å². The highest BCUT2D eigenvalue weighted by atomic mass is 35.5. The van der Waals surface area contributed by atoms with Gasteiger partial charge in [-0.15, -0.1) is 0 Å². The molecule has 9 heteroatoms. The maximum absolute atomic E-state index is 11.8. The topological polar surface area (TPSA) is 83.9 Å². The third-order valence-corrected chi connectivity index (χ3v) is 3.70. The van der Waals surface area contributed by atoms with Crippen LogP contribution in [0.3, 0.4) is 0 Å². The molecule has 0 spiro atoms. The van der Waals surface area contributed by atoms with E-state index in [0.717, 1.165) is 4.31 Å². The number of carbonyl (C=O) groups excluding carboxylic acids is 1. The van der Waals surface area contributed by atoms with Crippen molar-refractivity contribution in [2.75, 3.05) is 10.8 Å². The molecule has 0 radical (unpaired) electrons. The highest BCUT2D eigenvalue weighted by molar-refractivity contribution is 7.82. The summed E-state index contributed by atoms with van der Waals surface area (Å²) in [5, 5.41) is 3.01. The predicted molar refractivity (Wildman–Crippen MR) is 96.1 cm³/mol. The molecular formula is C15H13ClN6OS. The lowest BCUT2D eigenvalue weighted by Crippen LogP contribution is -2.34. The number of fused-ring (bicyclic) bond motifs is 1. The van der Waals surface area contributed by atoms with Crippen molar-refractivity contribution < 1.29 is 4.79 Å². The Bertz CT molecular complexity index is 906. The van der Waals surface area contributed by atoms with Gasteiger partial charge in [0, 0.05) is 6.54 Å². The number of halogens is 1. The molecule has 0 saturated heterocycles. The van der Waals surface area contributed by atoms with Crippen LogP contribution in [0.1, 0.15) is 6.92 Å². The summed E-state index contributed by atoms with van der Waals surface area (Å²) in [6.45, 7) is 2.32. The van der Waals surface area contributed by atoms with Crippen LogP contribution in [0.5, 0.6) is 0 Å². The number of rotatable bonds is 3. The van der Waals surface area contributed by atoms with Crippen LogP contribution >= 0.6 is 24.4 Å². The normalized spacial score (nSPS) is 10.6. The molecule has 122 valence electrons. The summed E-state index contributed by atoms with van der Waals surface area (Å²) in [6, 6.07) is 8.25. The number of hydrogen-bond acceptors (Lipinski definition) is 6. The summed E-state index contributed by atoms with van der Waals surface area (Å²) >= 11 is 10.1. The first kappa shape index (κ1) is 16.4. The monoisotopic (exact) mass is 360 g/mol. The Labute approximate surface area is 148 Å².